The van der Waals surface area contributed by atoms with Gasteiger partial charge in [-0.2, -0.15) is 0 Å². The first-order valence-corrected chi connectivity index (χ1v) is 7.24. The summed E-state index contributed by atoms with van der Waals surface area (Å²) < 4.78 is 27.2. The number of likely N-dealkylation sites (N-methyl/N-ethyl adjacent to an activating group) is 1. The Morgan fingerprint density at radius 3 is 2.50 bits per heavy atom. The van der Waals surface area contributed by atoms with Crippen LogP contribution in [0.5, 0.6) is 0 Å². The van der Waals surface area contributed by atoms with Crippen molar-refractivity contribution < 1.29 is 8.78 Å². The first kappa shape index (κ1) is 15.4. The maximum Gasteiger partial charge on any atom is 0.124 e. The van der Waals surface area contributed by atoms with Crippen LogP contribution in [0.25, 0.3) is 0 Å². The molecule has 0 saturated heterocycles. The zero-order valence-corrected chi connectivity index (χ0v) is 13.1. The molecule has 106 valence electrons. The molecule has 1 atom stereocenters. The first-order chi connectivity index (χ1) is 9.49. The lowest BCUT2D eigenvalue weighted by Gasteiger charge is -2.18. The Morgan fingerprint density at radius 2 is 1.90 bits per heavy atom. The molecule has 20 heavy (non-hydrogen) atoms. The Hall–Kier alpha value is -0.970. The van der Waals surface area contributed by atoms with Crippen LogP contribution in [0.2, 0.25) is 5.02 Å². The van der Waals surface area contributed by atoms with E-state index in [4.69, 9.17) is 11.6 Å². The predicted molar refractivity (Wildman–Crippen MR) is 81.0 cm³/mol. The molecule has 0 aliphatic carbocycles. The summed E-state index contributed by atoms with van der Waals surface area (Å²) in [4.78, 5) is 0. The van der Waals surface area contributed by atoms with Crippen LogP contribution in [0.4, 0.5) is 8.78 Å². The molecule has 1 unspecified atom stereocenters. The molecule has 1 nitrogen and oxygen atoms in total. The van der Waals surface area contributed by atoms with E-state index in [0.717, 1.165) is 11.1 Å². The smallest absolute Gasteiger partial charge is 0.124 e. The highest BCUT2D eigenvalue weighted by Crippen LogP contribution is 2.27. The zero-order chi connectivity index (χ0) is 14.7. The summed E-state index contributed by atoms with van der Waals surface area (Å²) in [7, 11) is 1.79. The van der Waals surface area contributed by atoms with Crippen LogP contribution >= 0.6 is 27.5 Å². The molecule has 1 N–H and O–H groups in total. The van der Waals surface area contributed by atoms with Crippen LogP contribution in [0.3, 0.4) is 0 Å². The quantitative estimate of drug-likeness (QED) is 0.819. The van der Waals surface area contributed by atoms with Crippen LogP contribution in [0, 0.1) is 11.6 Å². The van der Waals surface area contributed by atoms with E-state index in [2.05, 4.69) is 21.2 Å². The van der Waals surface area contributed by atoms with Gasteiger partial charge in [-0.05, 0) is 54.9 Å². The zero-order valence-electron chi connectivity index (χ0n) is 10.8. The van der Waals surface area contributed by atoms with Crippen molar-refractivity contribution in [2.24, 2.45) is 0 Å². The van der Waals surface area contributed by atoms with Crippen molar-refractivity contribution in [3.63, 3.8) is 0 Å². The SMILES string of the molecule is CNC(Cc1cc(F)cc(Br)c1)c1ccc(F)cc1Cl. The molecule has 0 saturated carbocycles. The standard InChI is InChI=1S/C15H13BrClF2N/c1-20-15(13-3-2-11(18)8-14(13)17)6-9-4-10(16)7-12(19)5-9/h2-5,7-8,15,20H,6H2,1H3. The van der Waals surface area contributed by atoms with Crippen molar-refractivity contribution in [3.05, 3.63) is 68.7 Å². The lowest BCUT2D eigenvalue weighted by Crippen LogP contribution is -2.19. The number of rotatable bonds is 4. The van der Waals surface area contributed by atoms with Gasteiger partial charge in [0.05, 0.1) is 0 Å². The molecule has 2 aromatic carbocycles. The van der Waals surface area contributed by atoms with Gasteiger partial charge in [-0.3, -0.25) is 0 Å². The second-order valence-electron chi connectivity index (χ2n) is 4.49. The molecule has 0 radical (unpaired) electrons. The van der Waals surface area contributed by atoms with Crippen LogP contribution in [-0.2, 0) is 6.42 Å². The van der Waals surface area contributed by atoms with Crippen LogP contribution < -0.4 is 5.32 Å². The van der Waals surface area contributed by atoms with E-state index in [-0.39, 0.29) is 17.7 Å². The fraction of sp³-hybridized carbons (Fsp3) is 0.200. The van der Waals surface area contributed by atoms with Gasteiger partial charge in [0.25, 0.3) is 0 Å². The van der Waals surface area contributed by atoms with E-state index < -0.39 is 0 Å². The second-order valence-corrected chi connectivity index (χ2v) is 5.81. The molecule has 0 fully saturated rings. The first-order valence-electron chi connectivity index (χ1n) is 6.07. The third-order valence-electron chi connectivity index (χ3n) is 3.05. The van der Waals surface area contributed by atoms with E-state index in [1.54, 1.807) is 13.1 Å². The third kappa shape index (κ3) is 3.78. The molecule has 2 rings (SSSR count). The lowest BCUT2D eigenvalue weighted by atomic mass is 9.99. The van der Waals surface area contributed by atoms with Crippen LogP contribution in [0.15, 0.2) is 40.9 Å². The van der Waals surface area contributed by atoms with Gasteiger partial charge in [-0.1, -0.05) is 33.6 Å². The Labute approximate surface area is 130 Å². The van der Waals surface area contributed by atoms with E-state index >= 15 is 0 Å². The maximum absolute atomic E-state index is 13.4. The van der Waals surface area contributed by atoms with Crippen molar-refractivity contribution in [2.45, 2.75) is 12.5 Å². The number of nitrogens with one attached hydrogen (secondary N) is 1. The van der Waals surface area contributed by atoms with Gasteiger partial charge >= 0.3 is 0 Å². The second kappa shape index (κ2) is 6.66. The Balaban J connectivity index is 2.28. The van der Waals surface area contributed by atoms with Gasteiger partial charge in [-0.25, -0.2) is 8.78 Å². The highest BCUT2D eigenvalue weighted by molar-refractivity contribution is 9.10. The minimum atomic E-state index is -0.373. The number of benzene rings is 2. The van der Waals surface area contributed by atoms with Crippen LogP contribution in [0.1, 0.15) is 17.2 Å². The molecule has 2 aromatic rings. The summed E-state index contributed by atoms with van der Waals surface area (Å²) in [6.45, 7) is 0. The van der Waals surface area contributed by atoms with Gasteiger partial charge in [0.2, 0.25) is 0 Å². The number of hydrogen-bond acceptors (Lipinski definition) is 1. The van der Waals surface area contributed by atoms with Crippen molar-refractivity contribution in [2.75, 3.05) is 7.05 Å². The van der Waals surface area contributed by atoms with Crippen molar-refractivity contribution in [3.8, 4) is 0 Å². The molecular weight excluding hydrogens is 348 g/mol. The third-order valence-corrected chi connectivity index (χ3v) is 3.83. The van der Waals surface area contributed by atoms with Crippen LogP contribution in [-0.4, -0.2) is 7.05 Å². The molecule has 0 aliphatic heterocycles. The summed E-state index contributed by atoms with van der Waals surface area (Å²) in [5.74, 6) is -0.670. The predicted octanol–water partition coefficient (Wildman–Crippen LogP) is 4.88. The monoisotopic (exact) mass is 359 g/mol. The fourth-order valence-corrected chi connectivity index (χ4v) is 2.93. The Morgan fingerprint density at radius 1 is 1.15 bits per heavy atom. The Kier molecular flexibility index (Phi) is 5.13. The molecule has 0 spiro atoms. The van der Waals surface area contributed by atoms with Gasteiger partial charge in [0.1, 0.15) is 11.6 Å². The molecule has 0 aromatic heterocycles. The normalized spacial score (nSPS) is 12.4. The molecule has 0 bridgehead atoms. The maximum atomic E-state index is 13.4. The molecule has 0 aliphatic rings. The van der Waals surface area contributed by atoms with E-state index in [1.165, 1.54) is 24.3 Å². The topological polar surface area (TPSA) is 12.0 Å². The summed E-state index contributed by atoms with van der Waals surface area (Å²) in [6.07, 6.45) is 0.554. The van der Waals surface area contributed by atoms with E-state index in [1.807, 2.05) is 6.07 Å². The number of halogens is 4. The average molecular weight is 361 g/mol. The molecular formula is C15H13BrClF2N. The molecule has 0 heterocycles. The van der Waals surface area contributed by atoms with E-state index in [9.17, 15) is 8.78 Å². The average Bonchev–Trinajstić information content (AvgIpc) is 2.35. The van der Waals surface area contributed by atoms with Gasteiger partial charge in [0.15, 0.2) is 0 Å². The summed E-state index contributed by atoms with van der Waals surface area (Å²) >= 11 is 9.34. The van der Waals surface area contributed by atoms with Crippen molar-refractivity contribution >= 4 is 27.5 Å². The highest BCUT2D eigenvalue weighted by Gasteiger charge is 2.15. The highest BCUT2D eigenvalue weighted by atomic mass is 79.9. The summed E-state index contributed by atoms with van der Waals surface area (Å²) in [6, 6.07) is 8.92. The minimum Gasteiger partial charge on any atom is -0.313 e. The van der Waals surface area contributed by atoms with E-state index in [0.29, 0.717) is 15.9 Å². The summed E-state index contributed by atoms with van der Waals surface area (Å²) in [5.41, 5.74) is 1.62. The fourth-order valence-electron chi connectivity index (χ4n) is 2.12. The van der Waals surface area contributed by atoms with Crippen molar-refractivity contribution in [1.29, 1.82) is 0 Å². The largest absolute Gasteiger partial charge is 0.313 e. The summed E-state index contributed by atoms with van der Waals surface area (Å²) in [5, 5.41) is 3.48. The van der Waals surface area contributed by atoms with Gasteiger partial charge < -0.3 is 5.32 Å². The van der Waals surface area contributed by atoms with Gasteiger partial charge in [0, 0.05) is 15.5 Å². The molecule has 0 amide bonds. The molecule has 5 heteroatoms. The minimum absolute atomic E-state index is 0.114. The van der Waals surface area contributed by atoms with Crippen molar-refractivity contribution in [1.82, 2.24) is 5.32 Å². The van der Waals surface area contributed by atoms with Gasteiger partial charge in [-0.15, -0.1) is 0 Å². The lowest BCUT2D eigenvalue weighted by molar-refractivity contribution is 0.579. The Bertz CT molecular complexity index is 599. The number of hydrogen-bond donors (Lipinski definition) is 1.